The Hall–Kier alpha value is -0.570. The van der Waals surface area contributed by atoms with Gasteiger partial charge in [0, 0.05) is 6.04 Å². The summed E-state index contributed by atoms with van der Waals surface area (Å²) in [5.41, 5.74) is 0. The van der Waals surface area contributed by atoms with Crippen LogP contribution in [-0.2, 0) is 0 Å². The van der Waals surface area contributed by atoms with Gasteiger partial charge in [0.2, 0.25) is 5.28 Å². The Labute approximate surface area is 77.8 Å². The largest absolute Gasteiger partial charge is 0.299 e. The van der Waals surface area contributed by atoms with Gasteiger partial charge in [-0.1, -0.05) is 13.3 Å². The van der Waals surface area contributed by atoms with E-state index in [0.717, 1.165) is 18.7 Å². The van der Waals surface area contributed by atoms with E-state index in [1.807, 2.05) is 11.5 Å². The molecule has 68 valence electrons. The van der Waals surface area contributed by atoms with Crippen LogP contribution in [-0.4, -0.2) is 14.8 Å². The number of rotatable bonds is 3. The van der Waals surface area contributed by atoms with Crippen molar-refractivity contribution in [1.29, 1.82) is 0 Å². The van der Waals surface area contributed by atoms with Crippen LogP contribution in [0.2, 0.25) is 5.28 Å². The molecule has 12 heavy (non-hydrogen) atoms. The molecule has 0 aliphatic carbocycles. The van der Waals surface area contributed by atoms with Crippen molar-refractivity contribution >= 4 is 11.6 Å². The highest BCUT2D eigenvalue weighted by atomic mass is 35.5. The van der Waals surface area contributed by atoms with E-state index in [1.54, 1.807) is 0 Å². The lowest BCUT2D eigenvalue weighted by molar-refractivity contribution is 0.490. The van der Waals surface area contributed by atoms with Gasteiger partial charge in [0.1, 0.15) is 5.82 Å². The van der Waals surface area contributed by atoms with Crippen molar-refractivity contribution in [3.05, 3.63) is 11.1 Å². The molecule has 0 spiro atoms. The van der Waals surface area contributed by atoms with Crippen LogP contribution in [0.5, 0.6) is 0 Å². The van der Waals surface area contributed by atoms with Crippen LogP contribution < -0.4 is 0 Å². The average Bonchev–Trinajstić information content (AvgIpc) is 2.32. The predicted octanol–water partition coefficient (Wildman–Crippen LogP) is 2.60. The Bertz CT molecular complexity index is 237. The molecule has 0 saturated heterocycles. The minimum atomic E-state index is 0.400. The number of hydrogen-bond acceptors (Lipinski definition) is 2. The second-order valence-electron chi connectivity index (χ2n) is 3.02. The van der Waals surface area contributed by atoms with Gasteiger partial charge in [-0.05, 0) is 31.9 Å². The van der Waals surface area contributed by atoms with Gasteiger partial charge in [0.25, 0.3) is 0 Å². The molecular formula is C8H14ClN3. The quantitative estimate of drug-likeness (QED) is 0.729. The molecule has 0 amide bonds. The van der Waals surface area contributed by atoms with Crippen molar-refractivity contribution in [2.45, 2.75) is 39.7 Å². The number of hydrogen-bond donors (Lipinski definition) is 0. The Balaban J connectivity index is 2.85. The SMILES string of the molecule is CCCC(C)n1c(C)nnc1Cl. The molecule has 4 heteroatoms. The van der Waals surface area contributed by atoms with Crippen LogP contribution in [0.3, 0.4) is 0 Å². The summed E-state index contributed by atoms with van der Waals surface area (Å²) in [5.74, 6) is 0.890. The van der Waals surface area contributed by atoms with Crippen molar-refractivity contribution in [3.63, 3.8) is 0 Å². The van der Waals surface area contributed by atoms with Crippen LogP contribution in [0.4, 0.5) is 0 Å². The van der Waals surface area contributed by atoms with Gasteiger partial charge in [-0.2, -0.15) is 0 Å². The Morgan fingerprint density at radius 2 is 2.17 bits per heavy atom. The van der Waals surface area contributed by atoms with Gasteiger partial charge in [-0.25, -0.2) is 0 Å². The van der Waals surface area contributed by atoms with Gasteiger partial charge in [-0.15, -0.1) is 10.2 Å². The van der Waals surface area contributed by atoms with E-state index in [-0.39, 0.29) is 0 Å². The normalized spacial score (nSPS) is 13.3. The topological polar surface area (TPSA) is 30.7 Å². The van der Waals surface area contributed by atoms with E-state index in [1.165, 1.54) is 0 Å². The molecular weight excluding hydrogens is 174 g/mol. The maximum atomic E-state index is 5.87. The Morgan fingerprint density at radius 3 is 2.58 bits per heavy atom. The molecule has 1 atom stereocenters. The summed E-state index contributed by atoms with van der Waals surface area (Å²) in [5, 5.41) is 8.19. The molecule has 0 saturated carbocycles. The molecule has 1 heterocycles. The fraction of sp³-hybridized carbons (Fsp3) is 0.750. The fourth-order valence-corrected chi connectivity index (χ4v) is 1.72. The lowest BCUT2D eigenvalue weighted by Crippen LogP contribution is -2.06. The van der Waals surface area contributed by atoms with Crippen LogP contribution >= 0.6 is 11.6 Å². The monoisotopic (exact) mass is 187 g/mol. The van der Waals surface area contributed by atoms with E-state index >= 15 is 0 Å². The second kappa shape index (κ2) is 3.90. The van der Waals surface area contributed by atoms with E-state index < -0.39 is 0 Å². The first-order chi connectivity index (χ1) is 5.66. The molecule has 3 nitrogen and oxygen atoms in total. The molecule has 1 unspecified atom stereocenters. The van der Waals surface area contributed by atoms with Crippen molar-refractivity contribution in [2.75, 3.05) is 0 Å². The Kier molecular flexibility index (Phi) is 3.09. The summed E-state index contributed by atoms with van der Waals surface area (Å²) in [4.78, 5) is 0. The average molecular weight is 188 g/mol. The van der Waals surface area contributed by atoms with Crippen LogP contribution in [0.15, 0.2) is 0 Å². The second-order valence-corrected chi connectivity index (χ2v) is 3.36. The van der Waals surface area contributed by atoms with Crippen molar-refractivity contribution in [3.8, 4) is 0 Å². The number of halogens is 1. The van der Waals surface area contributed by atoms with Crippen molar-refractivity contribution < 1.29 is 0 Å². The lowest BCUT2D eigenvalue weighted by Gasteiger charge is -2.13. The van der Waals surface area contributed by atoms with Gasteiger partial charge in [0.05, 0.1) is 0 Å². The van der Waals surface area contributed by atoms with Crippen molar-refractivity contribution in [2.24, 2.45) is 0 Å². The molecule has 0 aromatic carbocycles. The summed E-state index contributed by atoms with van der Waals surface area (Å²) in [6.07, 6.45) is 2.26. The highest BCUT2D eigenvalue weighted by molar-refractivity contribution is 6.28. The van der Waals surface area contributed by atoms with E-state index in [2.05, 4.69) is 24.0 Å². The molecule has 0 bridgehead atoms. The van der Waals surface area contributed by atoms with Crippen molar-refractivity contribution in [1.82, 2.24) is 14.8 Å². The number of nitrogens with zero attached hydrogens (tertiary/aromatic N) is 3. The standard InChI is InChI=1S/C8H14ClN3/c1-4-5-6(2)12-7(3)10-11-8(12)9/h6H,4-5H2,1-3H3. The van der Waals surface area contributed by atoms with E-state index in [0.29, 0.717) is 11.3 Å². The summed E-state index contributed by atoms with van der Waals surface area (Å²) in [6.45, 7) is 6.21. The zero-order chi connectivity index (χ0) is 9.14. The summed E-state index contributed by atoms with van der Waals surface area (Å²) < 4.78 is 1.96. The van der Waals surface area contributed by atoms with Gasteiger partial charge < -0.3 is 0 Å². The highest BCUT2D eigenvalue weighted by Crippen LogP contribution is 2.19. The fourth-order valence-electron chi connectivity index (χ4n) is 1.39. The van der Waals surface area contributed by atoms with E-state index in [4.69, 9.17) is 11.6 Å². The van der Waals surface area contributed by atoms with Crippen LogP contribution in [0.25, 0.3) is 0 Å². The van der Waals surface area contributed by atoms with Crippen LogP contribution in [0.1, 0.15) is 38.6 Å². The minimum absolute atomic E-state index is 0.400. The zero-order valence-electron chi connectivity index (χ0n) is 7.71. The maximum absolute atomic E-state index is 5.87. The first-order valence-electron chi connectivity index (χ1n) is 4.23. The minimum Gasteiger partial charge on any atom is -0.299 e. The van der Waals surface area contributed by atoms with Gasteiger partial charge in [0.15, 0.2) is 0 Å². The number of aryl methyl sites for hydroxylation is 1. The maximum Gasteiger partial charge on any atom is 0.225 e. The number of aromatic nitrogens is 3. The molecule has 0 N–H and O–H groups in total. The first kappa shape index (κ1) is 9.52. The molecule has 1 aromatic rings. The molecule has 0 aliphatic heterocycles. The summed E-state index contributed by atoms with van der Waals surface area (Å²) in [6, 6.07) is 0.400. The van der Waals surface area contributed by atoms with E-state index in [9.17, 15) is 0 Å². The summed E-state index contributed by atoms with van der Waals surface area (Å²) in [7, 11) is 0. The van der Waals surface area contributed by atoms with Gasteiger partial charge >= 0.3 is 0 Å². The molecule has 1 aromatic heterocycles. The molecule has 0 aliphatic rings. The zero-order valence-corrected chi connectivity index (χ0v) is 8.47. The molecule has 1 rings (SSSR count). The third-order valence-corrected chi connectivity index (χ3v) is 2.23. The highest BCUT2D eigenvalue weighted by Gasteiger charge is 2.11. The van der Waals surface area contributed by atoms with Gasteiger partial charge in [-0.3, -0.25) is 4.57 Å². The smallest absolute Gasteiger partial charge is 0.225 e. The third kappa shape index (κ3) is 1.78. The first-order valence-corrected chi connectivity index (χ1v) is 4.61. The third-order valence-electron chi connectivity index (χ3n) is 1.97. The predicted molar refractivity (Wildman–Crippen MR) is 49.4 cm³/mol. The molecule has 0 radical (unpaired) electrons. The Morgan fingerprint density at radius 1 is 1.50 bits per heavy atom. The van der Waals surface area contributed by atoms with Crippen LogP contribution in [0, 0.1) is 6.92 Å². The summed E-state index contributed by atoms with van der Waals surface area (Å²) >= 11 is 5.87. The molecule has 0 fully saturated rings. The lowest BCUT2D eigenvalue weighted by atomic mass is 10.2.